The van der Waals surface area contributed by atoms with E-state index >= 15 is 0 Å². The molecule has 16 heteroatoms. The minimum absolute atomic E-state index is 0.0245. The number of nitrogens with zero attached hydrogens (tertiary/aromatic N) is 3. The Morgan fingerprint density at radius 2 is 1.48 bits per heavy atom. The smallest absolute Gasteiger partial charge is 0.333 e. The summed E-state index contributed by atoms with van der Waals surface area (Å²) in [6.45, 7) is 18.3. The van der Waals surface area contributed by atoms with E-state index in [4.69, 9.17) is 14.3 Å². The molecule has 66 heavy (non-hydrogen) atoms. The van der Waals surface area contributed by atoms with Crippen molar-refractivity contribution in [3.63, 3.8) is 0 Å². The summed E-state index contributed by atoms with van der Waals surface area (Å²) in [5.74, 6) is -3.33. The molecule has 5 N–H and O–H groups in total. The molecule has 1 fully saturated rings. The number of likely N-dealkylation sites (tertiary alicyclic amines) is 1. The third-order valence-electron chi connectivity index (χ3n) is 13.6. The van der Waals surface area contributed by atoms with E-state index in [-0.39, 0.29) is 66.1 Å². The van der Waals surface area contributed by atoms with Crippen molar-refractivity contribution in [3.8, 4) is 11.8 Å². The number of amides is 3. The maximum atomic E-state index is 14.2. The number of nitrogens with one attached hydrogen (secondary N) is 2. The maximum Gasteiger partial charge on any atom is 0.333 e. The zero-order valence-electron chi connectivity index (χ0n) is 41.6. The second-order valence-electron chi connectivity index (χ2n) is 19.2. The number of carbonyl (C=O) groups is 5. The van der Waals surface area contributed by atoms with Gasteiger partial charge in [0.05, 0.1) is 54.8 Å². The number of aliphatic hydroxyl groups excluding tert-OH is 1. The predicted octanol–water partition coefficient (Wildman–Crippen LogP) is 5.67. The highest BCUT2D eigenvalue weighted by molar-refractivity contribution is 5.92. The first-order valence-corrected chi connectivity index (χ1v) is 23.9. The number of methoxy groups -OCH3 is 2. The van der Waals surface area contributed by atoms with Gasteiger partial charge in [0.15, 0.2) is 5.78 Å². The molecule has 1 aliphatic heterocycles. The molecule has 0 spiro atoms. The van der Waals surface area contributed by atoms with Gasteiger partial charge in [-0.2, -0.15) is 0 Å². The van der Waals surface area contributed by atoms with Crippen LogP contribution < -0.4 is 15.5 Å². The van der Waals surface area contributed by atoms with Crippen LogP contribution in [-0.2, 0) is 33.4 Å². The van der Waals surface area contributed by atoms with Gasteiger partial charge in [0.1, 0.15) is 0 Å². The van der Waals surface area contributed by atoms with Crippen molar-refractivity contribution in [1.82, 2.24) is 25.2 Å². The number of rotatable bonds is 28. The number of benzene rings is 1. The van der Waals surface area contributed by atoms with Gasteiger partial charge >= 0.3 is 5.97 Å². The van der Waals surface area contributed by atoms with Crippen molar-refractivity contribution >= 4 is 29.5 Å². The van der Waals surface area contributed by atoms with Crippen LogP contribution in [0.3, 0.4) is 0 Å². The van der Waals surface area contributed by atoms with Gasteiger partial charge in [-0.3, -0.25) is 24.1 Å². The van der Waals surface area contributed by atoms with Crippen LogP contribution in [0.25, 0.3) is 0 Å². The van der Waals surface area contributed by atoms with E-state index in [0.717, 1.165) is 12.8 Å². The van der Waals surface area contributed by atoms with Crippen molar-refractivity contribution in [2.75, 3.05) is 34.4 Å². The lowest BCUT2D eigenvalue weighted by Gasteiger charge is -2.36. The standard InChI is InChI=1S/C50H81N5O11/c1-13-32(6)37(39(64-11)29-42(58)54-28-17-21-38(54)48(65-12)34(8)49(62)51-35(9)47(61)36-19-15-14-16-20-36)24-23-33(7)46(60)44(30(2)3)52-50(63)45(31(4)5)53(10)27-18-22-43(59)66-55-40(56)25-26-41(55)57/h14-16,19-20,25-26,30-35,37-39,44-45,47-48,56-57,61H,13,17-18,21-24,27-29H2,1-12H3,(H,51,62)(H,52,63). The first-order valence-electron chi connectivity index (χ1n) is 23.9. The number of aliphatic hydroxyl groups is 1. The van der Waals surface area contributed by atoms with Gasteiger partial charge < -0.3 is 45.2 Å². The molecule has 11 atom stereocenters. The van der Waals surface area contributed by atoms with Crippen molar-refractivity contribution in [2.24, 2.45) is 35.5 Å². The highest BCUT2D eigenvalue weighted by Crippen LogP contribution is 2.33. The largest absolute Gasteiger partial charge is 0.492 e. The van der Waals surface area contributed by atoms with Crippen LogP contribution in [0, 0.1) is 35.5 Å². The van der Waals surface area contributed by atoms with E-state index in [1.54, 1.807) is 35.1 Å². The molecule has 1 aromatic heterocycles. The Bertz CT molecular complexity index is 1820. The summed E-state index contributed by atoms with van der Waals surface area (Å²) in [4.78, 5) is 77.0. The summed E-state index contributed by atoms with van der Waals surface area (Å²) >= 11 is 0. The van der Waals surface area contributed by atoms with Crippen LogP contribution >= 0.6 is 0 Å². The Balaban J connectivity index is 1.63. The minimum atomic E-state index is -0.886. The predicted molar refractivity (Wildman–Crippen MR) is 252 cm³/mol. The minimum Gasteiger partial charge on any atom is -0.492 e. The third-order valence-corrected chi connectivity index (χ3v) is 13.6. The Kier molecular flexibility index (Phi) is 22.6. The number of aromatic nitrogens is 1. The molecular weight excluding hydrogens is 847 g/mol. The Morgan fingerprint density at radius 3 is 2.05 bits per heavy atom. The van der Waals surface area contributed by atoms with Crippen molar-refractivity contribution < 1.29 is 53.6 Å². The molecule has 11 unspecified atom stereocenters. The van der Waals surface area contributed by atoms with Crippen LogP contribution in [-0.4, -0.2) is 130 Å². The van der Waals surface area contributed by atoms with E-state index in [0.29, 0.717) is 49.1 Å². The Morgan fingerprint density at radius 1 is 0.848 bits per heavy atom. The first kappa shape index (κ1) is 55.8. The monoisotopic (exact) mass is 928 g/mol. The van der Waals surface area contributed by atoms with Crippen LogP contribution in [0.1, 0.15) is 125 Å². The Hall–Kier alpha value is -4.51. The molecule has 2 aromatic rings. The topological polar surface area (TPSA) is 209 Å². The fraction of sp³-hybridized carbons (Fsp3) is 0.700. The highest BCUT2D eigenvalue weighted by Gasteiger charge is 2.42. The molecule has 1 aromatic carbocycles. The number of likely N-dealkylation sites (N-methyl/N-ethyl adjacent to an activating group) is 1. The number of ether oxygens (including phenoxy) is 2. The van der Waals surface area contributed by atoms with Gasteiger partial charge in [-0.1, -0.05) is 92.1 Å². The fourth-order valence-electron chi connectivity index (χ4n) is 9.46. The number of hydrogen-bond donors (Lipinski definition) is 5. The SMILES string of the molecule is CCC(C)C(CCC(C)C(=O)C(NC(=O)C(C(C)C)N(C)CCCC(=O)On1c(O)ccc1O)C(C)C)C(CC(=O)N1CCCC1C(OC)C(C)C(=O)NC(C)C(O)c1ccccc1)OC. The zero-order chi connectivity index (χ0) is 49.4. The van der Waals surface area contributed by atoms with Crippen LogP contribution in [0.15, 0.2) is 42.5 Å². The van der Waals surface area contributed by atoms with Crippen LogP contribution in [0.5, 0.6) is 11.8 Å². The number of hydrogen-bond acceptors (Lipinski definition) is 12. The zero-order valence-corrected chi connectivity index (χ0v) is 41.6. The molecular formula is C50H81N5O11. The van der Waals surface area contributed by atoms with Crippen LogP contribution in [0.4, 0.5) is 0 Å². The first-order chi connectivity index (χ1) is 31.2. The lowest BCUT2D eigenvalue weighted by molar-refractivity contribution is -0.145. The van der Waals surface area contributed by atoms with Gasteiger partial charge in [0, 0.05) is 45.2 Å². The highest BCUT2D eigenvalue weighted by atomic mass is 16.7. The lowest BCUT2D eigenvalue weighted by atomic mass is 9.79. The van der Waals surface area contributed by atoms with Crippen molar-refractivity contribution in [3.05, 3.63) is 48.0 Å². The number of carbonyl (C=O) groups excluding carboxylic acids is 5. The van der Waals surface area contributed by atoms with Gasteiger partial charge in [-0.05, 0) is 81.9 Å². The Labute approximate surface area is 393 Å². The molecule has 2 heterocycles. The molecule has 1 saturated heterocycles. The van der Waals surface area contributed by atoms with Gasteiger partial charge in [-0.15, -0.1) is 4.73 Å². The van der Waals surface area contributed by atoms with E-state index < -0.39 is 66.0 Å². The molecule has 1 aliphatic rings. The summed E-state index contributed by atoms with van der Waals surface area (Å²) < 4.78 is 12.7. The molecule has 0 aliphatic carbocycles. The summed E-state index contributed by atoms with van der Waals surface area (Å²) in [5, 5.41) is 36.4. The number of aromatic hydroxyl groups is 2. The van der Waals surface area contributed by atoms with E-state index in [9.17, 15) is 39.3 Å². The average molecular weight is 928 g/mol. The number of ketones is 1. The average Bonchev–Trinajstić information content (AvgIpc) is 3.89. The molecule has 0 saturated carbocycles. The van der Waals surface area contributed by atoms with E-state index in [1.165, 1.54) is 12.1 Å². The van der Waals surface area contributed by atoms with Gasteiger partial charge in [-0.25, -0.2) is 4.79 Å². The van der Waals surface area contributed by atoms with E-state index in [1.807, 2.05) is 74.8 Å². The third kappa shape index (κ3) is 15.3. The quantitative estimate of drug-likeness (QED) is 0.0700. The fourth-order valence-corrected chi connectivity index (χ4v) is 9.46. The van der Waals surface area contributed by atoms with Gasteiger partial charge in [0.25, 0.3) is 0 Å². The second kappa shape index (κ2) is 26.7. The lowest BCUT2D eigenvalue weighted by Crippen LogP contribution is -2.55. The van der Waals surface area contributed by atoms with Crippen LogP contribution in [0.2, 0.25) is 0 Å². The molecule has 0 radical (unpaired) electrons. The van der Waals surface area contributed by atoms with Crippen molar-refractivity contribution in [2.45, 2.75) is 156 Å². The van der Waals surface area contributed by atoms with Crippen molar-refractivity contribution in [1.29, 1.82) is 0 Å². The van der Waals surface area contributed by atoms with E-state index in [2.05, 4.69) is 24.5 Å². The normalized spacial score (nSPS) is 18.8. The molecule has 3 amide bonds. The molecule has 3 rings (SSSR count). The summed E-state index contributed by atoms with van der Waals surface area (Å²) in [5.41, 5.74) is 0.705. The maximum absolute atomic E-state index is 14.2. The summed E-state index contributed by atoms with van der Waals surface area (Å²) in [6.07, 6.45) is 2.04. The summed E-state index contributed by atoms with van der Waals surface area (Å²) in [6, 6.07) is 9.38. The number of Topliss-reactive ketones (excluding diaryl/α,β-unsaturated/α-hetero) is 1. The summed E-state index contributed by atoms with van der Waals surface area (Å²) in [7, 11) is 4.98. The molecule has 0 bridgehead atoms. The molecule has 372 valence electrons. The second-order valence-corrected chi connectivity index (χ2v) is 19.2. The molecule has 16 nitrogen and oxygen atoms in total. The van der Waals surface area contributed by atoms with Gasteiger partial charge in [0.2, 0.25) is 29.5 Å².